The van der Waals surface area contributed by atoms with Crippen molar-refractivity contribution in [1.29, 1.82) is 0 Å². The monoisotopic (exact) mass is 597 g/mol. The number of rotatable bonds is 18. The average molecular weight is 598 g/mol. The largest absolute Gasteiger partial charge is 0.464 e. The number of imidazole rings is 1. The quantitative estimate of drug-likeness (QED) is 0.128. The molecular formula is C27H48N7O6P. The van der Waals surface area contributed by atoms with E-state index in [-0.39, 0.29) is 37.2 Å². The molecule has 0 aliphatic carbocycles. The lowest BCUT2D eigenvalue weighted by atomic mass is 10.0. The van der Waals surface area contributed by atoms with Crippen molar-refractivity contribution >= 4 is 36.4 Å². The van der Waals surface area contributed by atoms with Crippen molar-refractivity contribution in [1.82, 2.24) is 29.7 Å². The second-order valence-electron chi connectivity index (χ2n) is 11.5. The molecule has 13 nitrogen and oxygen atoms in total. The molecule has 41 heavy (non-hydrogen) atoms. The van der Waals surface area contributed by atoms with Crippen molar-refractivity contribution in [2.45, 2.75) is 111 Å². The van der Waals surface area contributed by atoms with Crippen LogP contribution in [0.1, 0.15) is 81.1 Å². The normalized spacial score (nSPS) is 15.2. The number of esters is 2. The molecule has 232 valence electrons. The van der Waals surface area contributed by atoms with Gasteiger partial charge in [0.25, 0.3) is 0 Å². The summed E-state index contributed by atoms with van der Waals surface area (Å²) in [6.45, 7) is 15.1. The Morgan fingerprint density at radius 2 is 1.83 bits per heavy atom. The summed E-state index contributed by atoms with van der Waals surface area (Å²) in [6.07, 6.45) is 4.70. The van der Waals surface area contributed by atoms with Gasteiger partial charge in [-0.1, -0.05) is 33.6 Å². The van der Waals surface area contributed by atoms with Gasteiger partial charge in [0.05, 0.1) is 38.1 Å². The molecule has 0 radical (unpaired) electrons. The highest BCUT2D eigenvalue weighted by Crippen LogP contribution is 2.41. The zero-order valence-electron chi connectivity index (χ0n) is 25.7. The van der Waals surface area contributed by atoms with E-state index in [1.807, 2.05) is 20.8 Å². The highest BCUT2D eigenvalue weighted by atomic mass is 31.2. The highest BCUT2D eigenvalue weighted by Gasteiger charge is 2.39. The predicted molar refractivity (Wildman–Crippen MR) is 158 cm³/mol. The molecule has 0 aromatic carbocycles. The van der Waals surface area contributed by atoms with Gasteiger partial charge in [-0.3, -0.25) is 14.2 Å². The van der Waals surface area contributed by atoms with E-state index in [2.05, 4.69) is 32.1 Å². The average Bonchev–Trinajstić information content (AvgIpc) is 3.28. The SMILES string of the molecule is CCCCCOC(=O)C(C)(C)NP(=O)(CO[C@H](C)Cn1cnc2c(N)ncnc21)N[C@@H](CC(=O)OC(C)C)C(C)C. The molecule has 0 aliphatic heterocycles. The van der Waals surface area contributed by atoms with Crippen molar-refractivity contribution in [3.8, 4) is 0 Å². The van der Waals surface area contributed by atoms with Gasteiger partial charge >= 0.3 is 11.9 Å². The number of hydrogen-bond acceptors (Lipinski definition) is 10. The maximum absolute atomic E-state index is 14.4. The Kier molecular flexibility index (Phi) is 13.1. The molecule has 0 bridgehead atoms. The van der Waals surface area contributed by atoms with Gasteiger partial charge in [0.2, 0.25) is 7.44 Å². The fraction of sp³-hybridized carbons (Fsp3) is 0.741. The number of nitrogens with one attached hydrogen (secondary N) is 2. The molecule has 0 amide bonds. The van der Waals surface area contributed by atoms with Crippen LogP contribution in [-0.2, 0) is 34.9 Å². The van der Waals surface area contributed by atoms with Crippen LogP contribution in [0.25, 0.3) is 11.2 Å². The minimum Gasteiger partial charge on any atom is -0.464 e. The fourth-order valence-electron chi connectivity index (χ4n) is 4.08. The molecule has 2 aromatic heterocycles. The second kappa shape index (κ2) is 15.6. The Hall–Kier alpha value is -2.60. The first-order valence-corrected chi connectivity index (χ1v) is 16.1. The molecule has 4 N–H and O–H groups in total. The Bertz CT molecular complexity index is 1190. The second-order valence-corrected chi connectivity index (χ2v) is 13.7. The van der Waals surface area contributed by atoms with Crippen LogP contribution in [-0.4, -0.2) is 68.2 Å². The molecule has 0 saturated carbocycles. The van der Waals surface area contributed by atoms with Crippen LogP contribution >= 0.6 is 7.44 Å². The highest BCUT2D eigenvalue weighted by molar-refractivity contribution is 7.59. The van der Waals surface area contributed by atoms with Gasteiger partial charge < -0.3 is 24.5 Å². The van der Waals surface area contributed by atoms with E-state index in [9.17, 15) is 14.2 Å². The number of ether oxygens (including phenoxy) is 3. The van der Waals surface area contributed by atoms with Gasteiger partial charge in [0.1, 0.15) is 23.7 Å². The molecule has 1 unspecified atom stereocenters. The first-order valence-electron chi connectivity index (χ1n) is 14.2. The Morgan fingerprint density at radius 1 is 1.12 bits per heavy atom. The first-order chi connectivity index (χ1) is 19.2. The molecule has 3 atom stereocenters. The van der Waals surface area contributed by atoms with Gasteiger partial charge in [-0.15, -0.1) is 0 Å². The van der Waals surface area contributed by atoms with Gasteiger partial charge in [-0.25, -0.2) is 25.1 Å². The van der Waals surface area contributed by atoms with Crippen LogP contribution in [0, 0.1) is 5.92 Å². The van der Waals surface area contributed by atoms with E-state index in [1.54, 1.807) is 38.6 Å². The fourth-order valence-corrected chi connectivity index (χ4v) is 6.67. The third kappa shape index (κ3) is 11.0. The molecule has 0 spiro atoms. The Balaban J connectivity index is 2.21. The van der Waals surface area contributed by atoms with E-state index in [4.69, 9.17) is 19.9 Å². The van der Waals surface area contributed by atoms with E-state index < -0.39 is 37.1 Å². The number of fused-ring (bicyclic) bond motifs is 1. The summed E-state index contributed by atoms with van der Waals surface area (Å²) in [6, 6.07) is -0.507. The number of nitrogen functional groups attached to an aromatic ring is 1. The molecule has 2 rings (SSSR count). The first kappa shape index (κ1) is 34.6. The summed E-state index contributed by atoms with van der Waals surface area (Å²) in [5.41, 5.74) is 5.64. The molecule has 0 fully saturated rings. The molecule has 2 aromatic rings. The predicted octanol–water partition coefficient (Wildman–Crippen LogP) is 4.02. The Labute approximate surface area is 243 Å². The zero-order valence-corrected chi connectivity index (χ0v) is 26.6. The summed E-state index contributed by atoms with van der Waals surface area (Å²) in [7, 11) is -3.64. The third-order valence-corrected chi connectivity index (χ3v) is 8.49. The smallest absolute Gasteiger partial charge is 0.326 e. The van der Waals surface area contributed by atoms with Crippen molar-refractivity contribution in [3.63, 3.8) is 0 Å². The van der Waals surface area contributed by atoms with Gasteiger partial charge in [-0.2, -0.15) is 0 Å². The number of aromatic nitrogens is 4. The van der Waals surface area contributed by atoms with Crippen LogP contribution in [0.3, 0.4) is 0 Å². The number of anilines is 1. The summed E-state index contributed by atoms with van der Waals surface area (Å²) < 4.78 is 33.1. The summed E-state index contributed by atoms with van der Waals surface area (Å²) in [5.74, 6) is -0.727. The molecule has 0 aliphatic rings. The van der Waals surface area contributed by atoms with Crippen molar-refractivity contribution < 1.29 is 28.4 Å². The van der Waals surface area contributed by atoms with Gasteiger partial charge in [0.15, 0.2) is 11.5 Å². The van der Waals surface area contributed by atoms with E-state index in [0.717, 1.165) is 19.3 Å². The molecule has 14 heteroatoms. The molecular weight excluding hydrogens is 549 g/mol. The van der Waals surface area contributed by atoms with Crippen LogP contribution in [0.4, 0.5) is 5.82 Å². The number of carbonyl (C=O) groups is 2. The standard InChI is InChI=1S/C27H48N7O6P/c1-9-10-11-12-38-26(36)27(7,8)33-41(37,32-21(18(2)3)13-22(35)40-19(4)5)17-39-20(6)14-34-16-31-23-24(28)29-15-30-25(23)34/h15-16,18-21H,9-14,17H2,1-8H3,(H2,28,29,30)(H2,32,33,37)/t20-,21+,41?/m1/s1. The number of carbonyl (C=O) groups excluding carboxylic acids is 2. The molecule has 2 heterocycles. The van der Waals surface area contributed by atoms with E-state index in [0.29, 0.717) is 17.7 Å². The van der Waals surface area contributed by atoms with Crippen LogP contribution in [0.2, 0.25) is 0 Å². The van der Waals surface area contributed by atoms with Crippen molar-refractivity contribution in [2.24, 2.45) is 5.92 Å². The minimum atomic E-state index is -3.64. The lowest BCUT2D eigenvalue weighted by Crippen LogP contribution is -2.50. The van der Waals surface area contributed by atoms with Crippen LogP contribution in [0.15, 0.2) is 12.7 Å². The third-order valence-electron chi connectivity index (χ3n) is 6.31. The van der Waals surface area contributed by atoms with Crippen LogP contribution < -0.4 is 15.9 Å². The maximum Gasteiger partial charge on any atom is 0.326 e. The van der Waals surface area contributed by atoms with Crippen molar-refractivity contribution in [3.05, 3.63) is 12.7 Å². The topological polar surface area (TPSA) is 173 Å². The molecule has 0 saturated heterocycles. The summed E-state index contributed by atoms with van der Waals surface area (Å²) >= 11 is 0. The zero-order chi connectivity index (χ0) is 30.8. The number of hydrogen-bond donors (Lipinski definition) is 3. The minimum absolute atomic E-state index is 0.00111. The summed E-state index contributed by atoms with van der Waals surface area (Å²) in [5, 5.41) is 6.12. The van der Waals surface area contributed by atoms with Gasteiger partial charge in [-0.05, 0) is 47.0 Å². The lowest BCUT2D eigenvalue weighted by molar-refractivity contribution is -0.150. The number of unbranched alkanes of at least 4 members (excludes halogenated alkanes) is 2. The maximum atomic E-state index is 14.4. The number of nitrogens with two attached hydrogens (primary N) is 1. The van der Waals surface area contributed by atoms with E-state index >= 15 is 0 Å². The van der Waals surface area contributed by atoms with Crippen LogP contribution in [0.5, 0.6) is 0 Å². The van der Waals surface area contributed by atoms with E-state index in [1.165, 1.54) is 6.33 Å². The Morgan fingerprint density at radius 3 is 2.46 bits per heavy atom. The summed E-state index contributed by atoms with van der Waals surface area (Å²) in [4.78, 5) is 37.9. The van der Waals surface area contributed by atoms with Gasteiger partial charge in [0, 0.05) is 6.04 Å². The van der Waals surface area contributed by atoms with Crippen molar-refractivity contribution in [2.75, 3.05) is 18.7 Å². The number of nitrogens with zero attached hydrogens (tertiary/aromatic N) is 4. The lowest BCUT2D eigenvalue weighted by Gasteiger charge is -2.34.